The maximum atomic E-state index is 12.2. The van der Waals surface area contributed by atoms with Gasteiger partial charge in [-0.25, -0.2) is 16.8 Å². The Morgan fingerprint density at radius 3 is 2.50 bits per heavy atom. The molecule has 1 aromatic carbocycles. The highest BCUT2D eigenvalue weighted by molar-refractivity contribution is 7.92. The van der Waals surface area contributed by atoms with Gasteiger partial charge in [-0.3, -0.25) is 4.72 Å². The van der Waals surface area contributed by atoms with Gasteiger partial charge >= 0.3 is 0 Å². The maximum Gasteiger partial charge on any atom is 0.232 e. The van der Waals surface area contributed by atoms with Crippen molar-refractivity contribution < 1.29 is 16.8 Å². The average Bonchev–Trinajstić information content (AvgIpc) is 2.46. The first-order valence-electron chi connectivity index (χ1n) is 7.37. The van der Waals surface area contributed by atoms with Gasteiger partial charge in [-0.1, -0.05) is 13.0 Å². The predicted octanol–water partition coefficient (Wildman–Crippen LogP) is 1.55. The minimum Gasteiger partial charge on any atom is -0.284 e. The number of hydrogen-bond acceptors (Lipinski definition) is 4. The van der Waals surface area contributed by atoms with Gasteiger partial charge in [0, 0.05) is 18.8 Å². The van der Waals surface area contributed by atoms with Gasteiger partial charge in [0.25, 0.3) is 0 Å². The summed E-state index contributed by atoms with van der Waals surface area (Å²) in [7, 11) is -6.57. The highest BCUT2D eigenvalue weighted by atomic mass is 32.2. The van der Waals surface area contributed by atoms with Gasteiger partial charge in [0.05, 0.1) is 11.5 Å². The number of anilines is 1. The van der Waals surface area contributed by atoms with E-state index in [1.165, 1.54) is 4.31 Å². The Hall–Kier alpha value is -1.12. The van der Waals surface area contributed by atoms with Crippen molar-refractivity contribution >= 4 is 25.7 Å². The van der Waals surface area contributed by atoms with E-state index in [0.717, 1.165) is 11.1 Å². The maximum absolute atomic E-state index is 12.2. The second-order valence-electron chi connectivity index (χ2n) is 5.39. The van der Waals surface area contributed by atoms with Gasteiger partial charge in [-0.05, 0) is 43.0 Å². The van der Waals surface area contributed by atoms with Crippen LogP contribution < -0.4 is 4.72 Å². The fourth-order valence-electron chi connectivity index (χ4n) is 2.47. The summed E-state index contributed by atoms with van der Waals surface area (Å²) < 4.78 is 51.6. The Bertz CT molecular complexity index is 742. The van der Waals surface area contributed by atoms with Gasteiger partial charge in [0.2, 0.25) is 20.0 Å². The van der Waals surface area contributed by atoms with E-state index in [0.29, 0.717) is 31.6 Å². The van der Waals surface area contributed by atoms with Crippen LogP contribution in [0.4, 0.5) is 5.69 Å². The summed E-state index contributed by atoms with van der Waals surface area (Å²) in [6, 6.07) is 5.32. The van der Waals surface area contributed by atoms with Crippen molar-refractivity contribution in [1.29, 1.82) is 0 Å². The van der Waals surface area contributed by atoms with Gasteiger partial charge in [0.15, 0.2) is 0 Å². The number of fused-ring (bicyclic) bond motifs is 1. The van der Waals surface area contributed by atoms with Gasteiger partial charge in [-0.15, -0.1) is 0 Å². The van der Waals surface area contributed by atoms with Crippen LogP contribution in [0.3, 0.4) is 0 Å². The molecule has 1 aromatic rings. The molecule has 0 aliphatic carbocycles. The van der Waals surface area contributed by atoms with Gasteiger partial charge in [-0.2, -0.15) is 4.31 Å². The SMILES string of the molecule is CCCS(=O)(=O)N1CCc2ccc(NS(=O)(=O)CC)cc2C1. The molecule has 0 atom stereocenters. The molecule has 8 heteroatoms. The van der Waals surface area contributed by atoms with Gasteiger partial charge in [0.1, 0.15) is 0 Å². The molecule has 1 N–H and O–H groups in total. The number of benzene rings is 1. The molecule has 0 spiro atoms. The lowest BCUT2D eigenvalue weighted by Crippen LogP contribution is -2.37. The largest absolute Gasteiger partial charge is 0.284 e. The minimum absolute atomic E-state index is 0.00108. The fourth-order valence-corrected chi connectivity index (χ4v) is 4.58. The summed E-state index contributed by atoms with van der Waals surface area (Å²) in [4.78, 5) is 0. The van der Waals surface area contributed by atoms with E-state index in [9.17, 15) is 16.8 Å². The third-order valence-electron chi connectivity index (χ3n) is 3.69. The van der Waals surface area contributed by atoms with Gasteiger partial charge < -0.3 is 0 Å². The van der Waals surface area contributed by atoms with E-state index < -0.39 is 20.0 Å². The topological polar surface area (TPSA) is 83.6 Å². The number of rotatable bonds is 6. The molecular formula is C14H22N2O4S2. The third kappa shape index (κ3) is 3.99. The van der Waals surface area contributed by atoms with Crippen molar-refractivity contribution in [1.82, 2.24) is 4.31 Å². The van der Waals surface area contributed by atoms with Crippen molar-refractivity contribution in [3.05, 3.63) is 29.3 Å². The lowest BCUT2D eigenvalue weighted by molar-refractivity contribution is 0.391. The molecular weight excluding hydrogens is 324 g/mol. The van der Waals surface area contributed by atoms with Crippen LogP contribution in [0.5, 0.6) is 0 Å². The molecule has 0 radical (unpaired) electrons. The van der Waals surface area contributed by atoms with E-state index in [4.69, 9.17) is 0 Å². The Kier molecular flexibility index (Phi) is 5.14. The monoisotopic (exact) mass is 346 g/mol. The molecule has 22 heavy (non-hydrogen) atoms. The number of nitrogens with zero attached hydrogens (tertiary/aromatic N) is 1. The predicted molar refractivity (Wildman–Crippen MR) is 87.7 cm³/mol. The molecule has 6 nitrogen and oxygen atoms in total. The second-order valence-corrected chi connectivity index (χ2v) is 9.49. The van der Waals surface area contributed by atoms with Crippen molar-refractivity contribution in [3.8, 4) is 0 Å². The lowest BCUT2D eigenvalue weighted by Gasteiger charge is -2.28. The number of nitrogens with one attached hydrogen (secondary N) is 1. The Labute approximate surface area is 132 Å². The average molecular weight is 346 g/mol. The molecule has 0 unspecified atom stereocenters. The molecule has 0 amide bonds. The zero-order chi connectivity index (χ0) is 16.4. The molecule has 0 saturated heterocycles. The van der Waals surface area contributed by atoms with E-state index in [-0.39, 0.29) is 11.5 Å². The van der Waals surface area contributed by atoms with Crippen LogP contribution in [0, 0.1) is 0 Å². The van der Waals surface area contributed by atoms with Crippen LogP contribution in [0.15, 0.2) is 18.2 Å². The highest BCUT2D eigenvalue weighted by Gasteiger charge is 2.26. The Balaban J connectivity index is 2.23. The molecule has 2 rings (SSSR count). The van der Waals surface area contributed by atoms with Crippen LogP contribution in [0.2, 0.25) is 0 Å². The summed E-state index contributed by atoms with van der Waals surface area (Å²) in [5.74, 6) is 0.144. The van der Waals surface area contributed by atoms with Crippen molar-refractivity contribution in [2.45, 2.75) is 33.2 Å². The van der Waals surface area contributed by atoms with Crippen molar-refractivity contribution in [2.24, 2.45) is 0 Å². The third-order valence-corrected chi connectivity index (χ3v) is 7.02. The van der Waals surface area contributed by atoms with E-state index in [1.54, 1.807) is 19.1 Å². The summed E-state index contributed by atoms with van der Waals surface area (Å²) in [6.45, 7) is 4.20. The zero-order valence-electron chi connectivity index (χ0n) is 12.9. The first kappa shape index (κ1) is 17.2. The zero-order valence-corrected chi connectivity index (χ0v) is 14.5. The van der Waals surface area contributed by atoms with Crippen LogP contribution in [0.25, 0.3) is 0 Å². The van der Waals surface area contributed by atoms with Crippen LogP contribution in [0.1, 0.15) is 31.4 Å². The Morgan fingerprint density at radius 1 is 1.14 bits per heavy atom. The summed E-state index contributed by atoms with van der Waals surface area (Å²) >= 11 is 0. The van der Waals surface area contributed by atoms with E-state index in [1.807, 2.05) is 13.0 Å². The molecule has 0 fully saturated rings. The van der Waals surface area contributed by atoms with E-state index in [2.05, 4.69) is 4.72 Å². The van der Waals surface area contributed by atoms with Crippen LogP contribution >= 0.6 is 0 Å². The molecule has 124 valence electrons. The molecule has 1 aliphatic heterocycles. The quantitative estimate of drug-likeness (QED) is 0.847. The van der Waals surface area contributed by atoms with Crippen LogP contribution in [-0.4, -0.2) is 39.2 Å². The smallest absolute Gasteiger partial charge is 0.232 e. The van der Waals surface area contributed by atoms with Crippen LogP contribution in [-0.2, 0) is 33.0 Å². The first-order chi connectivity index (χ1) is 10.3. The van der Waals surface area contributed by atoms with E-state index >= 15 is 0 Å². The normalized spacial score (nSPS) is 16.3. The molecule has 1 heterocycles. The molecule has 0 aromatic heterocycles. The minimum atomic E-state index is -3.33. The standard InChI is InChI=1S/C14H22N2O4S2/c1-3-9-22(19,20)16-8-7-12-5-6-14(10-13(12)11-16)15-21(17,18)4-2/h5-6,10,15H,3-4,7-9,11H2,1-2H3. The second kappa shape index (κ2) is 6.55. The fraction of sp³-hybridized carbons (Fsp3) is 0.571. The summed E-state index contributed by atoms with van der Waals surface area (Å²) in [5, 5.41) is 0. The molecule has 0 saturated carbocycles. The Morgan fingerprint density at radius 2 is 1.86 bits per heavy atom. The summed E-state index contributed by atoms with van der Waals surface area (Å²) in [6.07, 6.45) is 1.24. The molecule has 0 bridgehead atoms. The molecule has 1 aliphatic rings. The summed E-state index contributed by atoms with van der Waals surface area (Å²) in [5.41, 5.74) is 2.42. The highest BCUT2D eigenvalue weighted by Crippen LogP contribution is 2.25. The van der Waals surface area contributed by atoms with Crippen molar-refractivity contribution in [2.75, 3.05) is 22.8 Å². The first-order valence-corrected chi connectivity index (χ1v) is 10.6. The van der Waals surface area contributed by atoms with Crippen molar-refractivity contribution in [3.63, 3.8) is 0 Å². The lowest BCUT2D eigenvalue weighted by atomic mass is 10.0. The number of hydrogen-bond donors (Lipinski definition) is 1. The number of sulfonamides is 2.